The Morgan fingerprint density at radius 1 is 1.11 bits per heavy atom. The zero-order valence-electron chi connectivity index (χ0n) is 14.4. The quantitative estimate of drug-likeness (QED) is 0.585. The first-order valence-electron chi connectivity index (χ1n) is 8.12. The number of nitrogens with zero attached hydrogens (tertiary/aromatic N) is 2. The van der Waals surface area contributed by atoms with Crippen LogP contribution in [0.4, 0.5) is 4.39 Å². The van der Waals surface area contributed by atoms with Crippen molar-refractivity contribution in [2.24, 2.45) is 5.14 Å². The zero-order chi connectivity index (χ0) is 19.2. The molecule has 0 saturated heterocycles. The standard InChI is InChI=1S/C19H16FN3O3S/c1-26-15-9-8-13-17(18(15)20)19-14(6-4-10-22-19)23(13)11-12-5-2-3-7-16(12)27(21,24)25/h2-10H,11H2,1H3,(H2,21,24,25). The number of primary sulfonamides is 1. The minimum atomic E-state index is -3.89. The number of halogens is 1. The van der Waals surface area contributed by atoms with Crippen molar-refractivity contribution in [2.75, 3.05) is 7.11 Å². The van der Waals surface area contributed by atoms with Crippen molar-refractivity contribution in [3.8, 4) is 5.75 Å². The molecule has 4 rings (SSSR count). The van der Waals surface area contributed by atoms with E-state index in [0.29, 0.717) is 27.5 Å². The summed E-state index contributed by atoms with van der Waals surface area (Å²) in [6.45, 7) is 0.198. The molecule has 6 nitrogen and oxygen atoms in total. The normalized spacial score (nSPS) is 12.0. The maximum Gasteiger partial charge on any atom is 0.238 e. The lowest BCUT2D eigenvalue weighted by molar-refractivity contribution is 0.389. The van der Waals surface area contributed by atoms with Crippen LogP contribution in [-0.4, -0.2) is 25.1 Å². The second-order valence-electron chi connectivity index (χ2n) is 6.09. The summed E-state index contributed by atoms with van der Waals surface area (Å²) in [4.78, 5) is 4.36. The van der Waals surface area contributed by atoms with Gasteiger partial charge in [-0.1, -0.05) is 18.2 Å². The number of nitrogens with two attached hydrogens (primary N) is 1. The maximum absolute atomic E-state index is 14.9. The fraction of sp³-hybridized carbons (Fsp3) is 0.105. The summed E-state index contributed by atoms with van der Waals surface area (Å²) >= 11 is 0. The fourth-order valence-electron chi connectivity index (χ4n) is 3.34. The Hall–Kier alpha value is -2.97. The number of hydrogen-bond acceptors (Lipinski definition) is 4. The molecule has 0 saturated carbocycles. The SMILES string of the molecule is COc1ccc2c(c1F)c1ncccc1n2Cc1ccccc1S(N)(=O)=O. The first-order chi connectivity index (χ1) is 12.9. The van der Waals surface area contributed by atoms with E-state index >= 15 is 0 Å². The summed E-state index contributed by atoms with van der Waals surface area (Å²) in [5, 5.41) is 5.68. The van der Waals surface area contributed by atoms with Gasteiger partial charge in [0.25, 0.3) is 0 Å². The largest absolute Gasteiger partial charge is 0.494 e. The van der Waals surface area contributed by atoms with Crippen molar-refractivity contribution < 1.29 is 17.5 Å². The van der Waals surface area contributed by atoms with E-state index < -0.39 is 15.8 Å². The van der Waals surface area contributed by atoms with Gasteiger partial charge in [0, 0.05) is 12.7 Å². The molecule has 27 heavy (non-hydrogen) atoms. The molecule has 0 aliphatic carbocycles. The lowest BCUT2D eigenvalue weighted by Crippen LogP contribution is -2.15. The summed E-state index contributed by atoms with van der Waals surface area (Å²) in [5.41, 5.74) is 2.27. The highest BCUT2D eigenvalue weighted by Crippen LogP contribution is 2.34. The molecule has 2 aromatic heterocycles. The second kappa shape index (κ2) is 6.33. The number of aromatic nitrogens is 2. The van der Waals surface area contributed by atoms with Crippen LogP contribution in [0.25, 0.3) is 21.9 Å². The van der Waals surface area contributed by atoms with E-state index in [1.807, 2.05) is 10.6 Å². The molecule has 0 radical (unpaired) electrons. The van der Waals surface area contributed by atoms with Gasteiger partial charge >= 0.3 is 0 Å². The number of ether oxygens (including phenoxy) is 1. The van der Waals surface area contributed by atoms with Gasteiger partial charge in [-0.15, -0.1) is 0 Å². The van der Waals surface area contributed by atoms with Crippen LogP contribution in [0.2, 0.25) is 0 Å². The molecule has 0 fully saturated rings. The molecule has 0 aliphatic rings. The van der Waals surface area contributed by atoms with Crippen molar-refractivity contribution in [3.05, 3.63) is 66.1 Å². The second-order valence-corrected chi connectivity index (χ2v) is 7.62. The van der Waals surface area contributed by atoms with Gasteiger partial charge in [-0.2, -0.15) is 0 Å². The number of methoxy groups -OCH3 is 1. The molecular formula is C19H16FN3O3S. The van der Waals surface area contributed by atoms with Crippen molar-refractivity contribution in [1.29, 1.82) is 0 Å². The van der Waals surface area contributed by atoms with E-state index in [1.165, 1.54) is 13.2 Å². The fourth-order valence-corrected chi connectivity index (χ4v) is 4.11. The number of benzene rings is 2. The predicted octanol–water partition coefficient (Wildman–Crippen LogP) is 3.03. The van der Waals surface area contributed by atoms with Crippen molar-refractivity contribution >= 4 is 32.0 Å². The third-order valence-corrected chi connectivity index (χ3v) is 5.53. The van der Waals surface area contributed by atoms with Gasteiger partial charge in [0.1, 0.15) is 0 Å². The molecule has 0 spiro atoms. The summed E-state index contributed by atoms with van der Waals surface area (Å²) in [7, 11) is -2.48. The monoisotopic (exact) mass is 385 g/mol. The lowest BCUT2D eigenvalue weighted by atomic mass is 10.2. The minimum Gasteiger partial charge on any atom is -0.494 e. The number of pyridine rings is 1. The molecule has 2 N–H and O–H groups in total. The Bertz CT molecular complexity index is 1280. The van der Waals surface area contributed by atoms with Gasteiger partial charge in [-0.3, -0.25) is 4.98 Å². The Balaban J connectivity index is 2.02. The maximum atomic E-state index is 14.9. The highest BCUT2D eigenvalue weighted by Gasteiger charge is 2.20. The summed E-state index contributed by atoms with van der Waals surface area (Å²) in [6.07, 6.45) is 1.59. The van der Waals surface area contributed by atoms with E-state index in [4.69, 9.17) is 9.88 Å². The van der Waals surface area contributed by atoms with Crippen LogP contribution in [0, 0.1) is 5.82 Å². The van der Waals surface area contributed by atoms with Crippen LogP contribution in [-0.2, 0) is 16.6 Å². The Kier molecular flexibility index (Phi) is 4.09. The van der Waals surface area contributed by atoms with Crippen LogP contribution < -0.4 is 9.88 Å². The molecule has 0 atom stereocenters. The first-order valence-corrected chi connectivity index (χ1v) is 9.66. The number of fused-ring (bicyclic) bond motifs is 3. The average molecular weight is 385 g/mol. The predicted molar refractivity (Wildman–Crippen MR) is 101 cm³/mol. The molecule has 8 heteroatoms. The highest BCUT2D eigenvalue weighted by molar-refractivity contribution is 7.89. The topological polar surface area (TPSA) is 87.2 Å². The molecule has 0 aliphatic heterocycles. The lowest BCUT2D eigenvalue weighted by Gasteiger charge is -2.11. The van der Waals surface area contributed by atoms with Gasteiger partial charge in [0.05, 0.1) is 33.9 Å². The first kappa shape index (κ1) is 17.4. The molecule has 4 aromatic rings. The van der Waals surface area contributed by atoms with Crippen molar-refractivity contribution in [3.63, 3.8) is 0 Å². The summed E-state index contributed by atoms with van der Waals surface area (Å²) in [6, 6.07) is 13.3. The summed E-state index contributed by atoms with van der Waals surface area (Å²) in [5.74, 6) is -0.380. The van der Waals surface area contributed by atoms with Crippen LogP contribution in [0.3, 0.4) is 0 Å². The van der Waals surface area contributed by atoms with Gasteiger partial charge in [0.15, 0.2) is 11.6 Å². The molecular weight excluding hydrogens is 369 g/mol. The highest BCUT2D eigenvalue weighted by atomic mass is 32.2. The van der Waals surface area contributed by atoms with Gasteiger partial charge in [-0.05, 0) is 35.9 Å². The van der Waals surface area contributed by atoms with E-state index in [0.717, 1.165) is 0 Å². The number of rotatable bonds is 4. The number of hydrogen-bond donors (Lipinski definition) is 1. The van der Waals surface area contributed by atoms with E-state index in [1.54, 1.807) is 42.6 Å². The van der Waals surface area contributed by atoms with E-state index in [9.17, 15) is 12.8 Å². The van der Waals surface area contributed by atoms with Crippen LogP contribution in [0.5, 0.6) is 5.75 Å². The van der Waals surface area contributed by atoms with Crippen molar-refractivity contribution in [1.82, 2.24) is 9.55 Å². The number of sulfonamides is 1. The van der Waals surface area contributed by atoms with Crippen LogP contribution in [0.15, 0.2) is 59.6 Å². The molecule has 0 amide bonds. The smallest absolute Gasteiger partial charge is 0.238 e. The Morgan fingerprint density at radius 2 is 1.89 bits per heavy atom. The third kappa shape index (κ3) is 2.83. The van der Waals surface area contributed by atoms with Crippen molar-refractivity contribution in [2.45, 2.75) is 11.4 Å². The molecule has 138 valence electrons. The molecule has 2 heterocycles. The van der Waals surface area contributed by atoms with Gasteiger partial charge in [-0.25, -0.2) is 17.9 Å². The van der Waals surface area contributed by atoms with E-state index in [2.05, 4.69) is 4.98 Å². The van der Waals surface area contributed by atoms with Gasteiger partial charge in [0.2, 0.25) is 10.0 Å². The minimum absolute atomic E-state index is 0.0397. The van der Waals surface area contributed by atoms with E-state index in [-0.39, 0.29) is 17.2 Å². The van der Waals surface area contributed by atoms with Gasteiger partial charge < -0.3 is 9.30 Å². The van der Waals surface area contributed by atoms with Crippen LogP contribution in [0.1, 0.15) is 5.56 Å². The molecule has 0 bridgehead atoms. The average Bonchev–Trinajstić information content (AvgIpc) is 2.96. The Labute approximate surface area is 155 Å². The van der Waals surface area contributed by atoms with Crippen LogP contribution >= 0.6 is 0 Å². The molecule has 0 unspecified atom stereocenters. The third-order valence-electron chi connectivity index (χ3n) is 4.52. The summed E-state index contributed by atoms with van der Waals surface area (Å²) < 4.78 is 45.7. The zero-order valence-corrected chi connectivity index (χ0v) is 15.2. The Morgan fingerprint density at radius 3 is 2.63 bits per heavy atom. The molecule has 2 aromatic carbocycles.